The Hall–Kier alpha value is -4.00. The topological polar surface area (TPSA) is 54.5 Å². The van der Waals surface area contributed by atoms with Crippen molar-refractivity contribution in [2.75, 3.05) is 4.90 Å². The second-order valence-corrected chi connectivity index (χ2v) is 9.50. The molecule has 180 valence electrons. The van der Waals surface area contributed by atoms with Crippen LogP contribution in [-0.4, -0.2) is 29.4 Å². The van der Waals surface area contributed by atoms with Crippen LogP contribution < -0.4 is 4.90 Å². The average molecular weight is 487 g/mol. The number of halogens is 3. The van der Waals surface area contributed by atoms with Crippen LogP contribution in [0.15, 0.2) is 78.9 Å². The maximum Gasteiger partial charge on any atom is 0.416 e. The van der Waals surface area contributed by atoms with E-state index < -0.39 is 46.7 Å². The number of benzene rings is 3. The number of alkyl halides is 3. The number of carbonyl (C=O) groups is 3. The number of carbonyl (C=O) groups excluding carboxylic acids is 3. The summed E-state index contributed by atoms with van der Waals surface area (Å²) in [5.74, 6) is -2.07. The summed E-state index contributed by atoms with van der Waals surface area (Å²) >= 11 is 0. The van der Waals surface area contributed by atoms with E-state index in [0.29, 0.717) is 11.3 Å². The molecule has 2 aliphatic heterocycles. The number of para-hydroxylation sites is 1. The van der Waals surface area contributed by atoms with Crippen LogP contribution in [0.5, 0.6) is 0 Å². The van der Waals surface area contributed by atoms with Gasteiger partial charge in [-0.3, -0.25) is 14.4 Å². The molecule has 1 unspecified atom stereocenters. The first-order valence-corrected chi connectivity index (χ1v) is 11.6. The first-order valence-electron chi connectivity index (χ1n) is 11.6. The molecule has 1 spiro atoms. The van der Waals surface area contributed by atoms with Crippen LogP contribution in [0.3, 0.4) is 0 Å². The zero-order chi connectivity index (χ0) is 25.4. The summed E-state index contributed by atoms with van der Waals surface area (Å²) in [5, 5.41) is 0. The number of anilines is 1. The summed E-state index contributed by atoms with van der Waals surface area (Å²) in [6.45, 7) is 1.40. The minimum Gasteiger partial charge on any atom is -0.352 e. The fraction of sp³-hybridized carbons (Fsp3) is 0.207. The molecule has 1 fully saturated rings. The van der Waals surface area contributed by atoms with Crippen molar-refractivity contribution >= 4 is 29.1 Å². The van der Waals surface area contributed by atoms with E-state index in [1.807, 2.05) is 35.2 Å². The second kappa shape index (κ2) is 7.50. The van der Waals surface area contributed by atoms with Gasteiger partial charge < -0.3 is 4.90 Å². The molecule has 3 aliphatic rings. The van der Waals surface area contributed by atoms with Crippen molar-refractivity contribution in [1.82, 2.24) is 0 Å². The van der Waals surface area contributed by atoms with Crippen LogP contribution in [0.4, 0.5) is 18.9 Å². The minimum absolute atomic E-state index is 0.274. The fourth-order valence-corrected chi connectivity index (χ4v) is 6.32. The summed E-state index contributed by atoms with van der Waals surface area (Å²) in [5.41, 5.74) is -0.101. The van der Waals surface area contributed by atoms with Gasteiger partial charge in [-0.25, -0.2) is 0 Å². The molecular formula is C29H20F3NO3. The first-order chi connectivity index (χ1) is 17.2. The largest absolute Gasteiger partial charge is 0.416 e. The van der Waals surface area contributed by atoms with E-state index in [-0.39, 0.29) is 16.9 Å². The lowest BCUT2D eigenvalue weighted by Gasteiger charge is -2.37. The van der Waals surface area contributed by atoms with E-state index in [1.165, 1.54) is 19.1 Å². The Morgan fingerprint density at radius 1 is 0.861 bits per heavy atom. The Morgan fingerprint density at radius 3 is 2.03 bits per heavy atom. The lowest BCUT2D eigenvalue weighted by atomic mass is 9.64. The third-order valence-corrected chi connectivity index (χ3v) is 7.73. The van der Waals surface area contributed by atoms with E-state index in [9.17, 15) is 27.6 Å². The van der Waals surface area contributed by atoms with Gasteiger partial charge in [-0.15, -0.1) is 0 Å². The van der Waals surface area contributed by atoms with Gasteiger partial charge in [0.1, 0.15) is 5.41 Å². The zero-order valence-corrected chi connectivity index (χ0v) is 19.1. The average Bonchev–Trinajstić information content (AvgIpc) is 3.30. The molecule has 2 heterocycles. The van der Waals surface area contributed by atoms with Crippen molar-refractivity contribution in [3.05, 3.63) is 107 Å². The Kier molecular flexibility index (Phi) is 4.68. The summed E-state index contributed by atoms with van der Waals surface area (Å²) in [6, 6.07) is 16.7. The highest BCUT2D eigenvalue weighted by Crippen LogP contribution is 2.60. The highest BCUT2D eigenvalue weighted by atomic mass is 19.4. The Morgan fingerprint density at radius 2 is 1.44 bits per heavy atom. The standard InChI is InChI=1S/C29H20F3NO3/c1-16(34)25-24(18-10-13-19(14-11-18)29(30,31)32)28(26(35)20-7-3-4-8-21(20)27(28)36)23-15-12-17-6-2-5-9-22(17)33(23)25/h2-15,23-25H,1H3/t23?,24-,25-/m0/s1. The normalized spacial score (nSPS) is 23.6. The summed E-state index contributed by atoms with van der Waals surface area (Å²) in [7, 11) is 0. The number of hydrogen-bond acceptors (Lipinski definition) is 4. The van der Waals surface area contributed by atoms with Gasteiger partial charge >= 0.3 is 6.18 Å². The van der Waals surface area contributed by atoms with Gasteiger partial charge in [-0.1, -0.05) is 66.7 Å². The predicted molar refractivity (Wildman–Crippen MR) is 128 cm³/mol. The summed E-state index contributed by atoms with van der Waals surface area (Å²) < 4.78 is 40.0. The second-order valence-electron chi connectivity index (χ2n) is 9.50. The van der Waals surface area contributed by atoms with Crippen molar-refractivity contribution in [1.29, 1.82) is 0 Å². The van der Waals surface area contributed by atoms with Crippen molar-refractivity contribution in [2.24, 2.45) is 5.41 Å². The van der Waals surface area contributed by atoms with Gasteiger partial charge in [-0.05, 0) is 36.2 Å². The number of ketones is 3. The van der Waals surface area contributed by atoms with E-state index >= 15 is 0 Å². The molecule has 6 rings (SSSR count). The van der Waals surface area contributed by atoms with Gasteiger partial charge in [0, 0.05) is 22.7 Å². The van der Waals surface area contributed by atoms with E-state index in [2.05, 4.69) is 0 Å². The maximum absolute atomic E-state index is 14.2. The lowest BCUT2D eigenvalue weighted by Crippen LogP contribution is -2.48. The fourth-order valence-electron chi connectivity index (χ4n) is 6.32. The first kappa shape index (κ1) is 22.5. The molecule has 0 radical (unpaired) electrons. The molecule has 3 aromatic carbocycles. The van der Waals surface area contributed by atoms with Crippen LogP contribution >= 0.6 is 0 Å². The Bertz CT molecular complexity index is 1440. The van der Waals surface area contributed by atoms with Gasteiger partial charge in [0.2, 0.25) is 0 Å². The number of rotatable bonds is 2. The van der Waals surface area contributed by atoms with Crippen molar-refractivity contribution in [3.63, 3.8) is 0 Å². The molecule has 0 saturated carbocycles. The molecule has 0 bridgehead atoms. The molecule has 7 heteroatoms. The molecule has 3 aromatic rings. The van der Waals surface area contributed by atoms with Crippen LogP contribution in [0.1, 0.15) is 50.2 Å². The van der Waals surface area contributed by atoms with Gasteiger partial charge in [0.05, 0.1) is 17.6 Å². The molecule has 1 saturated heterocycles. The van der Waals surface area contributed by atoms with Crippen molar-refractivity contribution in [2.45, 2.75) is 31.1 Å². The third kappa shape index (κ3) is 2.80. The van der Waals surface area contributed by atoms with Crippen LogP contribution in [0, 0.1) is 5.41 Å². The lowest BCUT2D eigenvalue weighted by molar-refractivity contribution is -0.137. The van der Waals surface area contributed by atoms with Crippen molar-refractivity contribution < 1.29 is 27.6 Å². The number of Topliss-reactive ketones (excluding diaryl/α,β-unsaturated/α-hetero) is 3. The number of nitrogens with zero attached hydrogens (tertiary/aromatic N) is 1. The number of hydrogen-bond donors (Lipinski definition) is 0. The molecule has 0 aromatic heterocycles. The molecule has 1 aliphatic carbocycles. The molecular weight excluding hydrogens is 467 g/mol. The molecule has 4 nitrogen and oxygen atoms in total. The molecule has 0 amide bonds. The quantitative estimate of drug-likeness (QED) is 0.434. The van der Waals surface area contributed by atoms with E-state index in [0.717, 1.165) is 17.7 Å². The molecule has 3 atom stereocenters. The van der Waals surface area contributed by atoms with E-state index in [1.54, 1.807) is 30.3 Å². The van der Waals surface area contributed by atoms with Crippen LogP contribution in [0.25, 0.3) is 6.08 Å². The monoisotopic (exact) mass is 487 g/mol. The van der Waals surface area contributed by atoms with Gasteiger partial charge in [0.25, 0.3) is 0 Å². The third-order valence-electron chi connectivity index (χ3n) is 7.73. The van der Waals surface area contributed by atoms with Crippen LogP contribution in [0.2, 0.25) is 0 Å². The van der Waals surface area contributed by atoms with Crippen LogP contribution in [-0.2, 0) is 11.0 Å². The molecule has 36 heavy (non-hydrogen) atoms. The SMILES string of the molecule is CC(=O)[C@H]1[C@H](c2ccc(C(F)(F)F)cc2)C2(C(=O)c3ccccc3C2=O)C2C=Cc3ccccc3N21. The summed E-state index contributed by atoms with van der Waals surface area (Å²) in [4.78, 5) is 43.5. The highest BCUT2D eigenvalue weighted by molar-refractivity contribution is 6.32. The minimum atomic E-state index is -4.54. The Labute approximate surface area is 205 Å². The predicted octanol–water partition coefficient (Wildman–Crippen LogP) is 5.73. The maximum atomic E-state index is 14.2. The van der Waals surface area contributed by atoms with Crippen molar-refractivity contribution in [3.8, 4) is 0 Å². The van der Waals surface area contributed by atoms with Gasteiger partial charge in [0.15, 0.2) is 17.3 Å². The zero-order valence-electron chi connectivity index (χ0n) is 19.1. The Balaban J connectivity index is 1.64. The highest BCUT2D eigenvalue weighted by Gasteiger charge is 2.71. The van der Waals surface area contributed by atoms with E-state index in [4.69, 9.17) is 0 Å². The number of fused-ring (bicyclic) bond motifs is 5. The summed E-state index contributed by atoms with van der Waals surface area (Å²) in [6.07, 6.45) is -0.918. The smallest absolute Gasteiger partial charge is 0.352 e. The molecule has 0 N–H and O–H groups in total. The van der Waals surface area contributed by atoms with Gasteiger partial charge in [-0.2, -0.15) is 13.2 Å².